The monoisotopic (exact) mass is 583 g/mol. The molecule has 0 saturated heterocycles. The highest BCUT2D eigenvalue weighted by atomic mass is 32.1. The summed E-state index contributed by atoms with van der Waals surface area (Å²) in [5.41, 5.74) is 6.19. The van der Waals surface area contributed by atoms with E-state index in [0.29, 0.717) is 17.0 Å². The maximum Gasteiger partial charge on any atom is 0.161 e. The van der Waals surface area contributed by atoms with E-state index in [1.54, 1.807) is 6.21 Å². The summed E-state index contributed by atoms with van der Waals surface area (Å²) in [5, 5.41) is 13.6. The van der Waals surface area contributed by atoms with Crippen molar-refractivity contribution < 1.29 is 4.42 Å². The number of fused-ring (bicyclic) bond motifs is 6. The van der Waals surface area contributed by atoms with Gasteiger partial charge in [-0.15, -0.1) is 11.3 Å². The van der Waals surface area contributed by atoms with Crippen molar-refractivity contribution in [3.05, 3.63) is 156 Å². The van der Waals surface area contributed by atoms with Gasteiger partial charge in [0.15, 0.2) is 11.7 Å². The van der Waals surface area contributed by atoms with Crippen LogP contribution in [0.2, 0.25) is 0 Å². The Hall–Kier alpha value is -5.65. The van der Waals surface area contributed by atoms with Crippen LogP contribution in [-0.4, -0.2) is 17.9 Å². The second-order valence-electron chi connectivity index (χ2n) is 10.6. The van der Waals surface area contributed by atoms with Crippen LogP contribution < -0.4 is 0 Å². The predicted octanol–water partition coefficient (Wildman–Crippen LogP) is 10.5. The van der Waals surface area contributed by atoms with Gasteiger partial charge in [0.1, 0.15) is 11.2 Å². The van der Waals surface area contributed by atoms with Gasteiger partial charge < -0.3 is 4.42 Å². The van der Waals surface area contributed by atoms with Gasteiger partial charge in [-0.25, -0.2) is 9.98 Å². The molecule has 2 heterocycles. The lowest BCUT2D eigenvalue weighted by atomic mass is 10.00. The lowest BCUT2D eigenvalue weighted by Gasteiger charge is -2.05. The van der Waals surface area contributed by atoms with Gasteiger partial charge in [0.05, 0.1) is 5.56 Å². The molecule has 0 aliphatic rings. The molecule has 0 aliphatic heterocycles. The number of furan rings is 1. The minimum absolute atomic E-state index is 0.0917. The first-order valence-electron chi connectivity index (χ1n) is 14.4. The smallest absolute Gasteiger partial charge is 0.161 e. The highest BCUT2D eigenvalue weighted by molar-refractivity contribution is 7.26. The van der Waals surface area contributed by atoms with Crippen molar-refractivity contribution in [3.8, 4) is 11.1 Å². The van der Waals surface area contributed by atoms with Crippen molar-refractivity contribution in [1.29, 1.82) is 5.41 Å². The van der Waals surface area contributed by atoms with E-state index in [-0.39, 0.29) is 5.84 Å². The van der Waals surface area contributed by atoms with E-state index in [4.69, 9.17) is 19.8 Å². The van der Waals surface area contributed by atoms with Crippen molar-refractivity contribution in [1.82, 2.24) is 0 Å². The highest BCUT2D eigenvalue weighted by Gasteiger charge is 2.17. The van der Waals surface area contributed by atoms with Crippen LogP contribution in [0.5, 0.6) is 0 Å². The largest absolute Gasteiger partial charge is 0.455 e. The van der Waals surface area contributed by atoms with Crippen LogP contribution in [0.3, 0.4) is 0 Å². The molecule has 208 valence electrons. The van der Waals surface area contributed by atoms with Crippen LogP contribution >= 0.6 is 11.3 Å². The fraction of sp³-hybridized carbons (Fsp3) is 0. The van der Waals surface area contributed by atoms with Crippen molar-refractivity contribution in [2.24, 2.45) is 9.98 Å². The fourth-order valence-corrected chi connectivity index (χ4v) is 6.96. The van der Waals surface area contributed by atoms with Gasteiger partial charge >= 0.3 is 0 Å². The highest BCUT2D eigenvalue weighted by Crippen LogP contribution is 2.41. The number of rotatable bonds is 4. The minimum atomic E-state index is 0.0917. The number of aliphatic imine (C=N–C) groups is 2. The normalized spacial score (nSPS) is 12.2. The molecule has 0 atom stereocenters. The van der Waals surface area contributed by atoms with E-state index in [1.807, 2.05) is 90.2 Å². The van der Waals surface area contributed by atoms with E-state index >= 15 is 0 Å². The Bertz CT molecular complexity index is 2400. The average Bonchev–Trinajstić information content (AvgIpc) is 3.65. The molecular formula is C39H25N3OS. The third-order valence-corrected chi connectivity index (χ3v) is 9.07. The molecule has 0 bridgehead atoms. The molecule has 1 N–H and O–H groups in total. The van der Waals surface area contributed by atoms with E-state index in [2.05, 4.69) is 60.7 Å². The Morgan fingerprint density at radius 3 is 2.25 bits per heavy atom. The molecule has 0 saturated carbocycles. The maximum atomic E-state index is 9.05. The van der Waals surface area contributed by atoms with Gasteiger partial charge in [0.2, 0.25) is 0 Å². The molecule has 44 heavy (non-hydrogen) atoms. The molecule has 0 unspecified atom stereocenters. The molecule has 0 spiro atoms. The van der Waals surface area contributed by atoms with Crippen molar-refractivity contribution in [3.63, 3.8) is 0 Å². The molecular weight excluding hydrogens is 559 g/mol. The number of para-hydroxylation sites is 1. The topological polar surface area (TPSA) is 61.7 Å². The van der Waals surface area contributed by atoms with Crippen LogP contribution in [0, 0.1) is 5.41 Å². The van der Waals surface area contributed by atoms with Gasteiger partial charge in [-0.05, 0) is 41.0 Å². The van der Waals surface area contributed by atoms with Gasteiger partial charge in [-0.3, -0.25) is 5.41 Å². The summed E-state index contributed by atoms with van der Waals surface area (Å²) in [7, 11) is 0. The molecule has 0 amide bonds. The van der Waals surface area contributed by atoms with Gasteiger partial charge in [-0.2, -0.15) is 0 Å². The van der Waals surface area contributed by atoms with E-state index in [9.17, 15) is 0 Å². The molecule has 8 aromatic rings. The number of amidine groups is 2. The third kappa shape index (κ3) is 4.60. The number of hydrogen-bond donors (Lipinski definition) is 1. The Morgan fingerprint density at radius 2 is 1.39 bits per heavy atom. The Morgan fingerprint density at radius 1 is 0.659 bits per heavy atom. The molecule has 0 fully saturated rings. The summed E-state index contributed by atoms with van der Waals surface area (Å²) < 4.78 is 8.97. The molecule has 0 radical (unpaired) electrons. The zero-order valence-corrected chi connectivity index (χ0v) is 24.4. The summed E-state index contributed by atoms with van der Waals surface area (Å²) in [6.07, 6.45) is 1.78. The summed E-state index contributed by atoms with van der Waals surface area (Å²) in [6.45, 7) is 0. The van der Waals surface area contributed by atoms with E-state index < -0.39 is 0 Å². The number of benzene rings is 6. The van der Waals surface area contributed by atoms with E-state index in [1.165, 1.54) is 25.7 Å². The summed E-state index contributed by atoms with van der Waals surface area (Å²) in [5.74, 6) is 0.556. The van der Waals surface area contributed by atoms with Crippen LogP contribution in [0.25, 0.3) is 53.2 Å². The van der Waals surface area contributed by atoms with Crippen LogP contribution in [0.4, 0.5) is 0 Å². The molecule has 6 aromatic carbocycles. The zero-order chi connectivity index (χ0) is 29.5. The van der Waals surface area contributed by atoms with Crippen molar-refractivity contribution in [2.75, 3.05) is 0 Å². The summed E-state index contributed by atoms with van der Waals surface area (Å²) >= 11 is 1.83. The molecule has 5 heteroatoms. The minimum Gasteiger partial charge on any atom is -0.455 e. The zero-order valence-electron chi connectivity index (χ0n) is 23.6. The quantitative estimate of drug-likeness (QED) is 0.163. The third-order valence-electron chi connectivity index (χ3n) is 7.85. The van der Waals surface area contributed by atoms with Gasteiger partial charge in [0, 0.05) is 42.7 Å². The Kier molecular flexibility index (Phi) is 6.43. The molecule has 0 aliphatic carbocycles. The molecule has 8 rings (SSSR count). The summed E-state index contributed by atoms with van der Waals surface area (Å²) in [6, 6.07) is 47.0. The van der Waals surface area contributed by atoms with Crippen molar-refractivity contribution >= 4 is 71.3 Å². The van der Waals surface area contributed by atoms with E-state index in [0.717, 1.165) is 33.0 Å². The molecule has 2 aromatic heterocycles. The number of nitrogens with one attached hydrogen (secondary N) is 1. The lowest BCUT2D eigenvalue weighted by Crippen LogP contribution is -2.04. The van der Waals surface area contributed by atoms with Crippen LogP contribution in [0.1, 0.15) is 16.7 Å². The lowest BCUT2D eigenvalue weighted by molar-refractivity contribution is 0.668. The van der Waals surface area contributed by atoms with Crippen molar-refractivity contribution in [2.45, 2.75) is 0 Å². The first-order valence-corrected chi connectivity index (χ1v) is 15.2. The maximum absolute atomic E-state index is 9.05. The SMILES string of the molecule is N=C(/N=C(\N=C\c1ccccc1)c1ccccc1)c1cccc2c1oc1ccc(-c3cccc4c3sc3ccccc34)cc12. The van der Waals surface area contributed by atoms with Crippen LogP contribution in [0.15, 0.2) is 154 Å². The Labute approximate surface area is 257 Å². The Balaban J connectivity index is 1.23. The van der Waals surface area contributed by atoms with Gasteiger partial charge in [-0.1, -0.05) is 115 Å². The van der Waals surface area contributed by atoms with Crippen LogP contribution in [-0.2, 0) is 0 Å². The standard InChI is InChI=1S/C39H25N3OS/c40-38(42-39(26-13-5-2-6-14-26)41-24-25-11-3-1-4-12-25)32-19-10-17-30-33-23-27(21-22-34(33)43-36(30)32)28-16-9-18-31-29-15-7-8-20-35(29)44-37(28)31/h1-24,40H/b40-38?,41-24+,42-39-. The predicted molar refractivity (Wildman–Crippen MR) is 186 cm³/mol. The second-order valence-corrected chi connectivity index (χ2v) is 11.6. The number of nitrogens with zero attached hydrogens (tertiary/aromatic N) is 2. The fourth-order valence-electron chi connectivity index (χ4n) is 5.72. The number of thiophene rings is 1. The average molecular weight is 584 g/mol. The summed E-state index contributed by atoms with van der Waals surface area (Å²) in [4.78, 5) is 9.41. The first-order chi connectivity index (χ1) is 21.7. The molecule has 4 nitrogen and oxygen atoms in total. The van der Waals surface area contributed by atoms with Gasteiger partial charge in [0.25, 0.3) is 0 Å². The first kappa shape index (κ1) is 26.0. The second kappa shape index (κ2) is 10.9. The number of hydrogen-bond acceptors (Lipinski definition) is 3.